The molecule has 88 valence electrons. The van der Waals surface area contributed by atoms with Crippen LogP contribution in [-0.2, 0) is 4.79 Å². The van der Waals surface area contributed by atoms with Crippen molar-refractivity contribution in [2.45, 2.75) is 38.7 Å². The Morgan fingerprint density at radius 3 is 3.07 bits per heavy atom. The van der Waals surface area contributed by atoms with Crippen molar-refractivity contribution >= 4 is 5.91 Å². The monoisotopic (exact) mass is 214 g/mol. The van der Waals surface area contributed by atoms with Gasteiger partial charge in [0, 0.05) is 13.1 Å². The van der Waals surface area contributed by atoms with Crippen molar-refractivity contribution in [3.8, 4) is 0 Å². The molecule has 1 saturated heterocycles. The molecule has 3 N–H and O–H groups in total. The molecule has 0 aromatic rings. The van der Waals surface area contributed by atoms with Crippen LogP contribution in [0.4, 0.5) is 0 Å². The standard InChI is InChI=1S/C11H22N2O2/c1-9(14)4-2-7-13-11(15)10-5-3-6-12-8-10/h9-10,12,14H,2-8H2,1H3,(H,13,15)/t9?,10-/m1/s1. The molecule has 1 aliphatic heterocycles. The van der Waals surface area contributed by atoms with Gasteiger partial charge in [-0.25, -0.2) is 0 Å². The van der Waals surface area contributed by atoms with Crippen LogP contribution >= 0.6 is 0 Å². The lowest BCUT2D eigenvalue weighted by molar-refractivity contribution is -0.125. The molecule has 15 heavy (non-hydrogen) atoms. The molecule has 0 bridgehead atoms. The van der Waals surface area contributed by atoms with Gasteiger partial charge in [0.15, 0.2) is 0 Å². The van der Waals surface area contributed by atoms with Crippen LogP contribution in [-0.4, -0.2) is 36.8 Å². The number of piperidine rings is 1. The number of aliphatic hydroxyl groups excluding tert-OH is 1. The number of hydrogen-bond acceptors (Lipinski definition) is 3. The number of rotatable bonds is 5. The highest BCUT2D eigenvalue weighted by Gasteiger charge is 2.19. The zero-order valence-corrected chi connectivity index (χ0v) is 9.46. The fraction of sp³-hybridized carbons (Fsp3) is 0.909. The van der Waals surface area contributed by atoms with Crippen molar-refractivity contribution in [1.82, 2.24) is 10.6 Å². The lowest BCUT2D eigenvalue weighted by atomic mass is 9.99. The minimum Gasteiger partial charge on any atom is -0.393 e. The summed E-state index contributed by atoms with van der Waals surface area (Å²) in [5.41, 5.74) is 0. The smallest absolute Gasteiger partial charge is 0.224 e. The largest absolute Gasteiger partial charge is 0.393 e. The van der Waals surface area contributed by atoms with Crippen LogP contribution in [0.2, 0.25) is 0 Å². The Kier molecular flexibility index (Phi) is 5.65. The number of nitrogens with one attached hydrogen (secondary N) is 2. The van der Waals surface area contributed by atoms with Crippen LogP contribution in [0.3, 0.4) is 0 Å². The van der Waals surface area contributed by atoms with Crippen LogP contribution in [0.1, 0.15) is 32.6 Å². The summed E-state index contributed by atoms with van der Waals surface area (Å²) in [5.74, 6) is 0.304. The molecular formula is C11H22N2O2. The van der Waals surface area contributed by atoms with Gasteiger partial charge in [-0.05, 0) is 39.2 Å². The molecular weight excluding hydrogens is 192 g/mol. The molecule has 0 radical (unpaired) electrons. The first-order chi connectivity index (χ1) is 7.20. The quantitative estimate of drug-likeness (QED) is 0.575. The van der Waals surface area contributed by atoms with Crippen LogP contribution in [0.5, 0.6) is 0 Å². The summed E-state index contributed by atoms with van der Waals surface area (Å²) < 4.78 is 0. The fourth-order valence-corrected chi connectivity index (χ4v) is 1.83. The average molecular weight is 214 g/mol. The Balaban J connectivity index is 2.07. The minimum atomic E-state index is -0.266. The molecule has 0 saturated carbocycles. The normalized spacial score (nSPS) is 23.5. The van der Waals surface area contributed by atoms with Gasteiger partial charge >= 0.3 is 0 Å². The Labute approximate surface area is 91.4 Å². The van der Waals surface area contributed by atoms with E-state index in [0.29, 0.717) is 6.54 Å². The molecule has 1 unspecified atom stereocenters. The van der Waals surface area contributed by atoms with Gasteiger partial charge < -0.3 is 15.7 Å². The third-order valence-corrected chi connectivity index (χ3v) is 2.77. The summed E-state index contributed by atoms with van der Waals surface area (Å²) in [6.07, 6.45) is 3.42. The Morgan fingerprint density at radius 1 is 1.67 bits per heavy atom. The van der Waals surface area contributed by atoms with Gasteiger partial charge in [-0.15, -0.1) is 0 Å². The second-order valence-corrected chi connectivity index (χ2v) is 4.33. The van der Waals surface area contributed by atoms with E-state index in [1.54, 1.807) is 6.92 Å². The first-order valence-corrected chi connectivity index (χ1v) is 5.86. The maximum atomic E-state index is 11.6. The van der Waals surface area contributed by atoms with Crippen molar-refractivity contribution < 1.29 is 9.90 Å². The summed E-state index contributed by atoms with van der Waals surface area (Å²) >= 11 is 0. The molecule has 2 atom stereocenters. The fourth-order valence-electron chi connectivity index (χ4n) is 1.83. The van der Waals surface area contributed by atoms with Gasteiger partial charge in [0.2, 0.25) is 5.91 Å². The number of carbonyl (C=O) groups is 1. The minimum absolute atomic E-state index is 0.144. The molecule has 1 fully saturated rings. The maximum absolute atomic E-state index is 11.6. The third kappa shape index (κ3) is 5.14. The van der Waals surface area contributed by atoms with Crippen molar-refractivity contribution in [1.29, 1.82) is 0 Å². The molecule has 1 rings (SSSR count). The highest BCUT2D eigenvalue weighted by atomic mass is 16.3. The topological polar surface area (TPSA) is 61.4 Å². The number of hydrogen-bond donors (Lipinski definition) is 3. The molecule has 0 aromatic heterocycles. The molecule has 4 nitrogen and oxygen atoms in total. The van der Waals surface area contributed by atoms with Crippen molar-refractivity contribution in [3.63, 3.8) is 0 Å². The molecule has 0 aromatic carbocycles. The lowest BCUT2D eigenvalue weighted by Crippen LogP contribution is -2.40. The summed E-state index contributed by atoms with van der Waals surface area (Å²) in [5, 5.41) is 15.2. The highest BCUT2D eigenvalue weighted by Crippen LogP contribution is 2.09. The van der Waals surface area contributed by atoms with Crippen LogP contribution in [0.25, 0.3) is 0 Å². The average Bonchev–Trinajstić information content (AvgIpc) is 2.25. The molecule has 0 spiro atoms. The summed E-state index contributed by atoms with van der Waals surface area (Å²) in [6, 6.07) is 0. The van der Waals surface area contributed by atoms with Gasteiger partial charge in [0.1, 0.15) is 0 Å². The first kappa shape index (κ1) is 12.5. The van der Waals surface area contributed by atoms with E-state index >= 15 is 0 Å². The Bertz CT molecular complexity index is 189. The molecule has 1 aliphatic rings. The van der Waals surface area contributed by atoms with Gasteiger partial charge in [0.05, 0.1) is 12.0 Å². The highest BCUT2D eigenvalue weighted by molar-refractivity contribution is 5.78. The molecule has 1 heterocycles. The summed E-state index contributed by atoms with van der Waals surface area (Å²) in [6.45, 7) is 4.29. The zero-order chi connectivity index (χ0) is 11.1. The Hall–Kier alpha value is -0.610. The second kappa shape index (κ2) is 6.80. The Morgan fingerprint density at radius 2 is 2.47 bits per heavy atom. The van der Waals surface area contributed by atoms with Crippen molar-refractivity contribution in [2.75, 3.05) is 19.6 Å². The lowest BCUT2D eigenvalue weighted by Gasteiger charge is -2.21. The summed E-state index contributed by atoms with van der Waals surface area (Å²) in [4.78, 5) is 11.6. The van der Waals surface area contributed by atoms with Crippen LogP contribution in [0.15, 0.2) is 0 Å². The van der Waals surface area contributed by atoms with Crippen LogP contribution < -0.4 is 10.6 Å². The number of amides is 1. The van der Waals surface area contributed by atoms with Gasteiger partial charge in [-0.2, -0.15) is 0 Å². The van der Waals surface area contributed by atoms with Gasteiger partial charge in [-0.3, -0.25) is 4.79 Å². The third-order valence-electron chi connectivity index (χ3n) is 2.77. The SMILES string of the molecule is CC(O)CCCNC(=O)[C@@H]1CCCNC1. The maximum Gasteiger partial charge on any atom is 0.224 e. The van der Waals surface area contributed by atoms with Crippen molar-refractivity contribution in [2.24, 2.45) is 5.92 Å². The van der Waals surface area contributed by atoms with E-state index in [0.717, 1.165) is 38.8 Å². The van der Waals surface area contributed by atoms with E-state index < -0.39 is 0 Å². The predicted molar refractivity (Wildman–Crippen MR) is 59.5 cm³/mol. The van der Waals surface area contributed by atoms with E-state index in [1.807, 2.05) is 0 Å². The molecule has 0 aliphatic carbocycles. The number of carbonyl (C=O) groups excluding carboxylic acids is 1. The summed E-state index contributed by atoms with van der Waals surface area (Å²) in [7, 11) is 0. The second-order valence-electron chi connectivity index (χ2n) is 4.33. The molecule has 4 heteroatoms. The molecule has 1 amide bonds. The van der Waals surface area contributed by atoms with Crippen molar-refractivity contribution in [3.05, 3.63) is 0 Å². The van der Waals surface area contributed by atoms with Gasteiger partial charge in [-0.1, -0.05) is 0 Å². The van der Waals surface area contributed by atoms with E-state index in [2.05, 4.69) is 10.6 Å². The van der Waals surface area contributed by atoms with Gasteiger partial charge in [0.25, 0.3) is 0 Å². The first-order valence-electron chi connectivity index (χ1n) is 5.86. The number of aliphatic hydroxyl groups is 1. The van der Waals surface area contributed by atoms with E-state index in [4.69, 9.17) is 5.11 Å². The zero-order valence-electron chi connectivity index (χ0n) is 9.46. The predicted octanol–water partition coefficient (Wildman–Crippen LogP) is 0.263. The van der Waals surface area contributed by atoms with E-state index in [1.165, 1.54) is 0 Å². The van der Waals surface area contributed by atoms with Crippen LogP contribution in [0, 0.1) is 5.92 Å². The van der Waals surface area contributed by atoms with E-state index in [9.17, 15) is 4.79 Å². The van der Waals surface area contributed by atoms with E-state index in [-0.39, 0.29) is 17.9 Å².